The molecule has 0 radical (unpaired) electrons. The van der Waals surface area contributed by atoms with Crippen LogP contribution >= 0.6 is 0 Å². The molecule has 4 rings (SSSR count). The Labute approximate surface area is 177 Å². The molecular formula is C22H26N2O5S. The molecule has 2 aliphatic rings. The quantitative estimate of drug-likeness (QED) is 0.729. The Hall–Kier alpha value is -2.58. The molecule has 8 heteroatoms. The van der Waals surface area contributed by atoms with E-state index in [2.05, 4.69) is 17.4 Å². The van der Waals surface area contributed by atoms with E-state index in [4.69, 9.17) is 9.47 Å². The lowest BCUT2D eigenvalue weighted by molar-refractivity contribution is 0.0955. The lowest BCUT2D eigenvalue weighted by atomic mass is 9.91. The van der Waals surface area contributed by atoms with Crippen LogP contribution in [0.15, 0.2) is 48.5 Å². The van der Waals surface area contributed by atoms with Gasteiger partial charge in [0.25, 0.3) is 5.91 Å². The van der Waals surface area contributed by atoms with Gasteiger partial charge in [-0.3, -0.25) is 4.79 Å². The Bertz CT molecular complexity index is 986. The van der Waals surface area contributed by atoms with Crippen LogP contribution < -0.4 is 14.8 Å². The summed E-state index contributed by atoms with van der Waals surface area (Å²) in [4.78, 5) is 12.3. The molecule has 0 spiro atoms. The smallest absolute Gasteiger partial charge is 0.251 e. The maximum absolute atomic E-state index is 12.7. The molecular weight excluding hydrogens is 404 g/mol. The monoisotopic (exact) mass is 430 g/mol. The van der Waals surface area contributed by atoms with Crippen molar-refractivity contribution >= 4 is 15.9 Å². The van der Waals surface area contributed by atoms with E-state index in [9.17, 15) is 13.2 Å². The number of hydrogen-bond donors (Lipinski definition) is 1. The Balaban J connectivity index is 1.23. The second kappa shape index (κ2) is 9.06. The Morgan fingerprint density at radius 2 is 1.77 bits per heavy atom. The molecule has 30 heavy (non-hydrogen) atoms. The van der Waals surface area contributed by atoms with Gasteiger partial charge in [0.15, 0.2) is 11.5 Å². The number of benzene rings is 2. The number of amides is 1. The van der Waals surface area contributed by atoms with Gasteiger partial charge in [0.05, 0.1) is 5.75 Å². The zero-order valence-corrected chi connectivity index (χ0v) is 17.6. The van der Waals surface area contributed by atoms with Gasteiger partial charge in [0, 0.05) is 25.2 Å². The van der Waals surface area contributed by atoms with E-state index in [1.807, 2.05) is 18.2 Å². The third kappa shape index (κ3) is 4.94. The number of carbonyl (C=O) groups is 1. The number of sulfonamides is 1. The summed E-state index contributed by atoms with van der Waals surface area (Å²) in [6.45, 7) is 1.28. The van der Waals surface area contributed by atoms with E-state index in [0.29, 0.717) is 36.1 Å². The predicted octanol–water partition coefficient (Wildman–Crippen LogP) is 2.43. The SMILES string of the molecule is O=C(NCCS(=O)(=O)N1CCC(Cc2ccccc2)CC1)c1ccc2c(c1)OCO2. The van der Waals surface area contributed by atoms with Crippen molar-refractivity contribution in [2.24, 2.45) is 5.92 Å². The van der Waals surface area contributed by atoms with E-state index >= 15 is 0 Å². The number of ether oxygens (including phenoxy) is 2. The summed E-state index contributed by atoms with van der Waals surface area (Å²) in [6.07, 6.45) is 2.70. The van der Waals surface area contributed by atoms with Gasteiger partial charge in [-0.15, -0.1) is 0 Å². The normalized spacial score (nSPS) is 17.1. The summed E-state index contributed by atoms with van der Waals surface area (Å²) in [6, 6.07) is 15.2. The summed E-state index contributed by atoms with van der Waals surface area (Å²) < 4.78 is 37.4. The fourth-order valence-electron chi connectivity index (χ4n) is 3.90. The van der Waals surface area contributed by atoms with E-state index in [-0.39, 0.29) is 25.0 Å². The highest BCUT2D eigenvalue weighted by Crippen LogP contribution is 2.32. The van der Waals surface area contributed by atoms with Crippen LogP contribution in [0.2, 0.25) is 0 Å². The minimum atomic E-state index is -3.39. The first-order chi connectivity index (χ1) is 14.5. The topological polar surface area (TPSA) is 84.9 Å². The number of nitrogens with one attached hydrogen (secondary N) is 1. The maximum Gasteiger partial charge on any atom is 0.251 e. The van der Waals surface area contributed by atoms with Crippen molar-refractivity contribution in [1.29, 1.82) is 0 Å². The summed E-state index contributed by atoms with van der Waals surface area (Å²) in [7, 11) is -3.39. The molecule has 2 aromatic carbocycles. The van der Waals surface area contributed by atoms with E-state index < -0.39 is 10.0 Å². The van der Waals surface area contributed by atoms with Crippen LogP contribution in [-0.2, 0) is 16.4 Å². The molecule has 1 saturated heterocycles. The van der Waals surface area contributed by atoms with Gasteiger partial charge >= 0.3 is 0 Å². The molecule has 0 aromatic heterocycles. The highest BCUT2D eigenvalue weighted by atomic mass is 32.2. The third-order valence-corrected chi connectivity index (χ3v) is 7.49. The molecule has 2 aliphatic heterocycles. The van der Waals surface area contributed by atoms with Crippen molar-refractivity contribution in [3.05, 3.63) is 59.7 Å². The van der Waals surface area contributed by atoms with E-state index in [1.165, 1.54) is 5.56 Å². The number of fused-ring (bicyclic) bond motifs is 1. The molecule has 0 unspecified atom stereocenters. The van der Waals surface area contributed by atoms with Gasteiger partial charge in [-0.2, -0.15) is 0 Å². The molecule has 1 N–H and O–H groups in total. The Kier molecular flexibility index (Phi) is 6.24. The lowest BCUT2D eigenvalue weighted by Crippen LogP contribution is -2.42. The summed E-state index contributed by atoms with van der Waals surface area (Å²) >= 11 is 0. The van der Waals surface area contributed by atoms with Crippen LogP contribution in [0.25, 0.3) is 0 Å². The van der Waals surface area contributed by atoms with Gasteiger partial charge < -0.3 is 14.8 Å². The van der Waals surface area contributed by atoms with Crippen LogP contribution in [0.1, 0.15) is 28.8 Å². The van der Waals surface area contributed by atoms with Gasteiger partial charge in [-0.1, -0.05) is 30.3 Å². The van der Waals surface area contributed by atoms with Gasteiger partial charge in [0.1, 0.15) is 0 Å². The molecule has 2 heterocycles. The second-order valence-corrected chi connectivity index (χ2v) is 9.76. The number of carbonyl (C=O) groups excluding carboxylic acids is 1. The zero-order chi connectivity index (χ0) is 21.0. The van der Waals surface area contributed by atoms with Crippen LogP contribution in [0, 0.1) is 5.92 Å². The van der Waals surface area contributed by atoms with Crippen LogP contribution in [0.5, 0.6) is 11.5 Å². The summed E-state index contributed by atoms with van der Waals surface area (Å²) in [5, 5.41) is 2.69. The van der Waals surface area contributed by atoms with Crippen molar-refractivity contribution in [1.82, 2.24) is 9.62 Å². The van der Waals surface area contributed by atoms with Crippen LogP contribution in [-0.4, -0.2) is 50.8 Å². The first-order valence-electron chi connectivity index (χ1n) is 10.2. The first kappa shape index (κ1) is 20.7. The number of piperidine rings is 1. The number of rotatable bonds is 7. The van der Waals surface area contributed by atoms with Crippen molar-refractivity contribution in [3.63, 3.8) is 0 Å². The van der Waals surface area contributed by atoms with Crippen LogP contribution in [0.3, 0.4) is 0 Å². The molecule has 2 aromatic rings. The molecule has 0 aliphatic carbocycles. The molecule has 160 valence electrons. The average molecular weight is 431 g/mol. The molecule has 7 nitrogen and oxygen atoms in total. The summed E-state index contributed by atoms with van der Waals surface area (Å²) in [5.74, 6) is 1.19. The maximum atomic E-state index is 12.7. The average Bonchev–Trinajstić information content (AvgIpc) is 3.22. The minimum Gasteiger partial charge on any atom is -0.454 e. The lowest BCUT2D eigenvalue weighted by Gasteiger charge is -2.31. The van der Waals surface area contributed by atoms with Gasteiger partial charge in [-0.05, 0) is 48.9 Å². The van der Waals surface area contributed by atoms with E-state index in [0.717, 1.165) is 19.3 Å². The predicted molar refractivity (Wildman–Crippen MR) is 113 cm³/mol. The second-order valence-electron chi connectivity index (χ2n) is 7.67. The minimum absolute atomic E-state index is 0.0690. The highest BCUT2D eigenvalue weighted by Gasteiger charge is 2.28. The number of hydrogen-bond acceptors (Lipinski definition) is 5. The van der Waals surface area contributed by atoms with Crippen LogP contribution in [0.4, 0.5) is 0 Å². The molecule has 1 fully saturated rings. The standard InChI is InChI=1S/C22H26N2O5S/c25-22(19-6-7-20-21(15-19)29-16-28-20)23-10-13-30(26,27)24-11-8-18(9-12-24)14-17-4-2-1-3-5-17/h1-7,15,18H,8-14,16H2,(H,23,25). The fraction of sp³-hybridized carbons (Fsp3) is 0.409. The molecule has 0 bridgehead atoms. The first-order valence-corrected chi connectivity index (χ1v) is 11.8. The largest absolute Gasteiger partial charge is 0.454 e. The molecule has 1 amide bonds. The Morgan fingerprint density at radius 1 is 1.03 bits per heavy atom. The number of nitrogens with zero attached hydrogens (tertiary/aromatic N) is 1. The van der Waals surface area contributed by atoms with Gasteiger partial charge in [-0.25, -0.2) is 12.7 Å². The fourth-order valence-corrected chi connectivity index (χ4v) is 5.29. The molecule has 0 atom stereocenters. The van der Waals surface area contributed by atoms with Crippen molar-refractivity contribution in [2.45, 2.75) is 19.3 Å². The Morgan fingerprint density at radius 3 is 2.53 bits per heavy atom. The van der Waals surface area contributed by atoms with E-state index in [1.54, 1.807) is 22.5 Å². The summed E-state index contributed by atoms with van der Waals surface area (Å²) in [5.41, 5.74) is 1.71. The zero-order valence-electron chi connectivity index (χ0n) is 16.7. The van der Waals surface area contributed by atoms with Crippen molar-refractivity contribution in [2.75, 3.05) is 32.2 Å². The third-order valence-electron chi connectivity index (χ3n) is 5.61. The molecule has 0 saturated carbocycles. The van der Waals surface area contributed by atoms with Gasteiger partial charge in [0.2, 0.25) is 16.8 Å². The van der Waals surface area contributed by atoms with Crippen molar-refractivity contribution < 1.29 is 22.7 Å². The highest BCUT2D eigenvalue weighted by molar-refractivity contribution is 7.89. The van der Waals surface area contributed by atoms with Crippen molar-refractivity contribution in [3.8, 4) is 11.5 Å².